The van der Waals surface area contributed by atoms with Crippen LogP contribution in [0.15, 0.2) is 42.5 Å². The third-order valence-electron chi connectivity index (χ3n) is 3.24. The van der Waals surface area contributed by atoms with Gasteiger partial charge in [-0.05, 0) is 16.3 Å². The van der Waals surface area contributed by atoms with Gasteiger partial charge in [0.25, 0.3) is 0 Å². The minimum atomic E-state index is 0.165. The van der Waals surface area contributed by atoms with Crippen LogP contribution in [0.4, 0.5) is 0 Å². The van der Waals surface area contributed by atoms with Crippen molar-refractivity contribution in [3.8, 4) is 0 Å². The minimum Gasteiger partial charge on any atom is -0.355 e. The molecule has 1 saturated heterocycles. The van der Waals surface area contributed by atoms with E-state index >= 15 is 0 Å². The first kappa shape index (κ1) is 9.40. The quantitative estimate of drug-likeness (QED) is 0.771. The maximum atomic E-state index is 11.3. The van der Waals surface area contributed by atoms with E-state index in [0.29, 0.717) is 12.3 Å². The van der Waals surface area contributed by atoms with Gasteiger partial charge in [-0.25, -0.2) is 0 Å². The van der Waals surface area contributed by atoms with Crippen molar-refractivity contribution in [1.29, 1.82) is 0 Å². The summed E-state index contributed by atoms with van der Waals surface area (Å²) in [6.45, 7) is 0.771. The van der Waals surface area contributed by atoms with Crippen molar-refractivity contribution >= 4 is 16.7 Å². The highest BCUT2D eigenvalue weighted by Crippen LogP contribution is 2.29. The zero-order valence-electron chi connectivity index (χ0n) is 8.94. The number of hydrogen-bond acceptors (Lipinski definition) is 1. The summed E-state index contributed by atoms with van der Waals surface area (Å²) in [6.07, 6.45) is 0.619. The number of fused-ring (bicyclic) bond motifs is 1. The lowest BCUT2D eigenvalue weighted by Gasteiger charge is -2.11. The summed E-state index contributed by atoms with van der Waals surface area (Å²) in [7, 11) is 0. The molecule has 0 bridgehead atoms. The molecule has 2 heteroatoms. The van der Waals surface area contributed by atoms with E-state index < -0.39 is 0 Å². The Morgan fingerprint density at radius 2 is 1.88 bits per heavy atom. The van der Waals surface area contributed by atoms with Crippen LogP contribution in [-0.2, 0) is 4.79 Å². The minimum absolute atomic E-state index is 0.165. The van der Waals surface area contributed by atoms with E-state index in [4.69, 9.17) is 0 Å². The molecule has 3 rings (SSSR count). The van der Waals surface area contributed by atoms with E-state index in [2.05, 4.69) is 41.7 Å². The first-order chi connectivity index (χ1) is 7.84. The summed E-state index contributed by atoms with van der Waals surface area (Å²) in [6, 6.07) is 14.7. The zero-order valence-corrected chi connectivity index (χ0v) is 8.94. The summed E-state index contributed by atoms with van der Waals surface area (Å²) in [5, 5.41) is 5.41. The molecule has 1 atom stereocenters. The van der Waals surface area contributed by atoms with Gasteiger partial charge in [0.1, 0.15) is 0 Å². The van der Waals surface area contributed by atoms with Crippen LogP contribution in [0.5, 0.6) is 0 Å². The van der Waals surface area contributed by atoms with Crippen LogP contribution in [0.25, 0.3) is 10.8 Å². The maximum absolute atomic E-state index is 11.3. The van der Waals surface area contributed by atoms with E-state index in [9.17, 15) is 4.79 Å². The van der Waals surface area contributed by atoms with E-state index in [-0.39, 0.29) is 5.91 Å². The van der Waals surface area contributed by atoms with E-state index in [1.807, 2.05) is 6.07 Å². The third kappa shape index (κ3) is 1.47. The fraction of sp³-hybridized carbons (Fsp3) is 0.214. The average molecular weight is 211 g/mol. The lowest BCUT2D eigenvalue weighted by molar-refractivity contribution is -0.119. The second-order valence-electron chi connectivity index (χ2n) is 4.27. The number of benzene rings is 2. The molecule has 2 nitrogen and oxygen atoms in total. The molecule has 1 fully saturated rings. The van der Waals surface area contributed by atoms with Crippen molar-refractivity contribution in [2.24, 2.45) is 0 Å². The van der Waals surface area contributed by atoms with Gasteiger partial charge >= 0.3 is 0 Å². The molecular weight excluding hydrogens is 198 g/mol. The topological polar surface area (TPSA) is 29.1 Å². The average Bonchev–Trinajstić information content (AvgIpc) is 2.75. The Morgan fingerprint density at radius 1 is 1.06 bits per heavy atom. The largest absolute Gasteiger partial charge is 0.355 e. The standard InChI is InChI=1S/C14H13NO/c16-14-8-11(9-15-14)13-7-3-5-10-4-1-2-6-12(10)13/h1-7,11H,8-9H2,(H,15,16)/t11-/m1/s1. The number of amides is 1. The lowest BCUT2D eigenvalue weighted by Crippen LogP contribution is -2.13. The van der Waals surface area contributed by atoms with Crippen LogP contribution in [0.2, 0.25) is 0 Å². The Balaban J connectivity index is 2.13. The van der Waals surface area contributed by atoms with Crippen LogP contribution < -0.4 is 5.32 Å². The number of nitrogens with one attached hydrogen (secondary N) is 1. The molecule has 0 unspecified atom stereocenters. The molecule has 1 aliphatic rings. The lowest BCUT2D eigenvalue weighted by atomic mass is 9.93. The molecule has 1 aliphatic heterocycles. The van der Waals surface area contributed by atoms with Crippen molar-refractivity contribution in [2.45, 2.75) is 12.3 Å². The van der Waals surface area contributed by atoms with E-state index in [1.165, 1.54) is 16.3 Å². The summed E-state index contributed by atoms with van der Waals surface area (Å²) in [4.78, 5) is 11.3. The zero-order chi connectivity index (χ0) is 11.0. The molecule has 1 heterocycles. The molecule has 0 aromatic heterocycles. The van der Waals surface area contributed by atoms with Crippen LogP contribution in [0.1, 0.15) is 17.9 Å². The molecule has 0 aliphatic carbocycles. The fourth-order valence-electron chi connectivity index (χ4n) is 2.43. The van der Waals surface area contributed by atoms with Crippen molar-refractivity contribution in [2.75, 3.05) is 6.54 Å². The van der Waals surface area contributed by atoms with Gasteiger partial charge in [0.05, 0.1) is 0 Å². The van der Waals surface area contributed by atoms with E-state index in [0.717, 1.165) is 6.54 Å². The van der Waals surface area contributed by atoms with Gasteiger partial charge in [-0.15, -0.1) is 0 Å². The second kappa shape index (κ2) is 3.63. The summed E-state index contributed by atoms with van der Waals surface area (Å²) < 4.78 is 0. The molecule has 1 N–H and O–H groups in total. The molecule has 80 valence electrons. The maximum Gasteiger partial charge on any atom is 0.220 e. The van der Waals surface area contributed by atoms with Crippen LogP contribution >= 0.6 is 0 Å². The first-order valence-corrected chi connectivity index (χ1v) is 5.59. The molecule has 0 radical (unpaired) electrons. The van der Waals surface area contributed by atoms with Crippen LogP contribution in [-0.4, -0.2) is 12.5 Å². The van der Waals surface area contributed by atoms with E-state index in [1.54, 1.807) is 0 Å². The van der Waals surface area contributed by atoms with Gasteiger partial charge in [-0.1, -0.05) is 42.5 Å². The number of rotatable bonds is 1. The molecule has 16 heavy (non-hydrogen) atoms. The Labute approximate surface area is 94.3 Å². The van der Waals surface area contributed by atoms with Gasteiger partial charge in [0.2, 0.25) is 5.91 Å². The summed E-state index contributed by atoms with van der Waals surface area (Å²) in [5.74, 6) is 0.497. The van der Waals surface area contributed by atoms with Gasteiger partial charge in [0.15, 0.2) is 0 Å². The molecule has 0 saturated carbocycles. The molecular formula is C14H13NO. The van der Waals surface area contributed by atoms with Crippen molar-refractivity contribution in [1.82, 2.24) is 5.32 Å². The Bertz CT molecular complexity index is 542. The monoisotopic (exact) mass is 211 g/mol. The Kier molecular flexibility index (Phi) is 2.13. The van der Waals surface area contributed by atoms with Crippen molar-refractivity contribution < 1.29 is 4.79 Å². The molecule has 2 aromatic carbocycles. The third-order valence-corrected chi connectivity index (χ3v) is 3.24. The number of hydrogen-bond donors (Lipinski definition) is 1. The van der Waals surface area contributed by atoms with Crippen molar-refractivity contribution in [3.05, 3.63) is 48.0 Å². The van der Waals surface area contributed by atoms with Crippen LogP contribution in [0, 0.1) is 0 Å². The summed E-state index contributed by atoms with van der Waals surface area (Å²) in [5.41, 5.74) is 1.29. The SMILES string of the molecule is O=C1C[C@@H](c2cccc3ccccc23)CN1. The first-order valence-electron chi connectivity index (χ1n) is 5.59. The van der Waals surface area contributed by atoms with Gasteiger partial charge in [0, 0.05) is 18.9 Å². The molecule has 0 spiro atoms. The number of carbonyl (C=O) groups is 1. The Morgan fingerprint density at radius 3 is 2.69 bits per heavy atom. The number of carbonyl (C=O) groups excluding carboxylic acids is 1. The van der Waals surface area contributed by atoms with Crippen molar-refractivity contribution in [3.63, 3.8) is 0 Å². The van der Waals surface area contributed by atoms with Gasteiger partial charge in [-0.2, -0.15) is 0 Å². The highest BCUT2D eigenvalue weighted by molar-refractivity contribution is 5.88. The highest BCUT2D eigenvalue weighted by atomic mass is 16.1. The van der Waals surface area contributed by atoms with Crippen LogP contribution in [0.3, 0.4) is 0 Å². The van der Waals surface area contributed by atoms with Gasteiger partial charge in [-0.3, -0.25) is 4.79 Å². The van der Waals surface area contributed by atoms with Gasteiger partial charge < -0.3 is 5.32 Å². The fourth-order valence-corrected chi connectivity index (χ4v) is 2.43. The Hall–Kier alpha value is -1.83. The normalized spacial score (nSPS) is 20.0. The predicted octanol–water partition coefficient (Wildman–Crippen LogP) is 2.44. The molecule has 2 aromatic rings. The second-order valence-corrected chi connectivity index (χ2v) is 4.27. The smallest absolute Gasteiger partial charge is 0.220 e. The predicted molar refractivity (Wildman–Crippen MR) is 64.3 cm³/mol. The highest BCUT2D eigenvalue weighted by Gasteiger charge is 2.23. The summed E-state index contributed by atoms with van der Waals surface area (Å²) >= 11 is 0. The molecule has 1 amide bonds.